The third kappa shape index (κ3) is 4.49. The topological polar surface area (TPSA) is 9.86 Å². The molecular weight excluding hydrogens is 633 g/mol. The summed E-state index contributed by atoms with van der Waals surface area (Å²) in [6, 6.07) is 76.2. The molecule has 0 aliphatic heterocycles. The average molecular weight is 667 g/mol. The van der Waals surface area contributed by atoms with E-state index in [1.165, 1.54) is 70.0 Å². The van der Waals surface area contributed by atoms with E-state index in [4.69, 9.17) is 0 Å². The predicted molar refractivity (Wildman–Crippen MR) is 219 cm³/mol. The highest BCUT2D eigenvalue weighted by Crippen LogP contribution is 2.36. The number of benzene rings is 8. The molecule has 0 atom stereocenters. The third-order valence-electron chi connectivity index (χ3n) is 10.7. The van der Waals surface area contributed by atoms with Gasteiger partial charge < -0.3 is 9.13 Å². The van der Waals surface area contributed by atoms with Gasteiger partial charge >= 0.3 is 0 Å². The number of hydrogen-bond donors (Lipinski definition) is 0. The van der Waals surface area contributed by atoms with Crippen LogP contribution in [0.3, 0.4) is 0 Å². The molecule has 0 unspecified atom stereocenters. The Labute approximate surface area is 298 Å². The maximum atomic E-state index is 2.51. The number of hydrogen-bond acceptors (Lipinski definition) is 0. The van der Waals surface area contributed by atoms with Crippen LogP contribution >= 0.6 is 0 Å². The molecule has 0 fully saturated rings. The molecule has 0 aliphatic carbocycles. The molecule has 2 heterocycles. The normalized spacial score (nSPS) is 11.9. The fraction of sp³-hybridized carbons (Fsp3) is 0. The van der Waals surface area contributed by atoms with Gasteiger partial charge in [-0.3, -0.25) is 0 Å². The Hall–Kier alpha value is -6.42. The van der Waals surface area contributed by atoms with Gasteiger partial charge in [-0.15, -0.1) is 0 Å². The Bertz CT molecular complexity index is 2740. The summed E-state index contributed by atoms with van der Waals surface area (Å²) in [6.07, 6.45) is 0. The fourth-order valence-corrected chi connectivity index (χ4v) is 13.3. The highest BCUT2D eigenvalue weighted by molar-refractivity contribution is 7.20. The van der Waals surface area contributed by atoms with Crippen molar-refractivity contribution in [1.82, 2.24) is 9.13 Å². The molecular formula is C48H34N2Si. The first-order chi connectivity index (χ1) is 25.3. The minimum Gasteiger partial charge on any atom is -0.309 e. The lowest BCUT2D eigenvalue weighted by atomic mass is 10.1. The van der Waals surface area contributed by atoms with E-state index in [1.807, 2.05) is 0 Å². The van der Waals surface area contributed by atoms with Crippen molar-refractivity contribution >= 4 is 72.4 Å². The van der Waals surface area contributed by atoms with E-state index < -0.39 is 8.07 Å². The van der Waals surface area contributed by atoms with Gasteiger partial charge in [-0.05, 0) is 69.3 Å². The number of para-hydroxylation sites is 3. The summed E-state index contributed by atoms with van der Waals surface area (Å²) in [7, 11) is -2.72. The lowest BCUT2D eigenvalue weighted by molar-refractivity contribution is 1.17. The fourth-order valence-electron chi connectivity index (χ4n) is 8.50. The highest BCUT2D eigenvalue weighted by Gasteiger charge is 2.41. The van der Waals surface area contributed by atoms with Gasteiger partial charge in [0.2, 0.25) is 0 Å². The van der Waals surface area contributed by atoms with Crippen LogP contribution in [0.5, 0.6) is 0 Å². The summed E-state index contributed by atoms with van der Waals surface area (Å²) in [6.45, 7) is 0. The first kappa shape index (κ1) is 29.5. The second-order valence-corrected chi connectivity index (χ2v) is 17.1. The zero-order valence-electron chi connectivity index (χ0n) is 28.0. The van der Waals surface area contributed by atoms with E-state index in [0.717, 1.165) is 5.69 Å². The zero-order chi connectivity index (χ0) is 33.8. The predicted octanol–water partition coefficient (Wildman–Crippen LogP) is 9.26. The van der Waals surface area contributed by atoms with Crippen molar-refractivity contribution in [2.45, 2.75) is 0 Å². The SMILES string of the molecule is c1ccc(-n2c3ccccc3c3cc(-n4c5ccccc5c5ccc([Si](c6ccccc6)(c6ccccc6)c6ccccc6)cc54)ccc32)cc1. The molecule has 8 aromatic carbocycles. The van der Waals surface area contributed by atoms with Gasteiger partial charge in [-0.2, -0.15) is 0 Å². The van der Waals surface area contributed by atoms with Crippen LogP contribution in [0.4, 0.5) is 0 Å². The molecule has 10 aromatic rings. The van der Waals surface area contributed by atoms with Crippen molar-refractivity contribution in [2.24, 2.45) is 0 Å². The van der Waals surface area contributed by atoms with Gasteiger partial charge in [0.25, 0.3) is 0 Å². The zero-order valence-corrected chi connectivity index (χ0v) is 29.0. The van der Waals surface area contributed by atoms with Crippen LogP contribution < -0.4 is 20.7 Å². The summed E-state index contributed by atoms with van der Waals surface area (Å²) < 4.78 is 4.88. The number of fused-ring (bicyclic) bond motifs is 6. The van der Waals surface area contributed by atoms with E-state index in [-0.39, 0.29) is 0 Å². The monoisotopic (exact) mass is 666 g/mol. The van der Waals surface area contributed by atoms with Crippen LogP contribution in [0.2, 0.25) is 0 Å². The first-order valence-electron chi connectivity index (χ1n) is 17.6. The Morgan fingerprint density at radius 3 is 1.25 bits per heavy atom. The Morgan fingerprint density at radius 1 is 0.255 bits per heavy atom. The molecule has 0 saturated carbocycles. The molecule has 240 valence electrons. The quantitative estimate of drug-likeness (QED) is 0.124. The summed E-state index contributed by atoms with van der Waals surface area (Å²) in [5, 5.41) is 10.5. The maximum absolute atomic E-state index is 2.72. The van der Waals surface area contributed by atoms with Crippen LogP contribution in [-0.2, 0) is 0 Å². The lowest BCUT2D eigenvalue weighted by Crippen LogP contribution is -2.74. The summed E-state index contributed by atoms with van der Waals surface area (Å²) in [5.74, 6) is 0. The minimum absolute atomic E-state index is 1.16. The molecule has 3 heteroatoms. The Balaban J connectivity index is 1.29. The van der Waals surface area contributed by atoms with Crippen molar-refractivity contribution in [1.29, 1.82) is 0 Å². The van der Waals surface area contributed by atoms with E-state index in [1.54, 1.807) is 0 Å². The van der Waals surface area contributed by atoms with E-state index in [2.05, 4.69) is 215 Å². The van der Waals surface area contributed by atoms with Gasteiger partial charge in [0.1, 0.15) is 0 Å². The number of rotatable bonds is 6. The van der Waals surface area contributed by atoms with Gasteiger partial charge in [0, 0.05) is 32.9 Å². The van der Waals surface area contributed by atoms with Gasteiger partial charge in [-0.25, -0.2) is 0 Å². The van der Waals surface area contributed by atoms with E-state index in [9.17, 15) is 0 Å². The molecule has 10 rings (SSSR count). The smallest absolute Gasteiger partial charge is 0.179 e. The first-order valence-corrected chi connectivity index (χ1v) is 19.6. The van der Waals surface area contributed by atoms with Crippen LogP contribution in [0.1, 0.15) is 0 Å². The van der Waals surface area contributed by atoms with Crippen molar-refractivity contribution in [2.75, 3.05) is 0 Å². The van der Waals surface area contributed by atoms with Crippen molar-refractivity contribution < 1.29 is 0 Å². The molecule has 51 heavy (non-hydrogen) atoms. The third-order valence-corrected chi connectivity index (χ3v) is 15.4. The molecule has 0 amide bonds. The standard InChI is InChI=1S/C48H34N2Si/c1-5-17-35(18-6-1)49-46-28-16-14-26-42(46)44-33-36(29-32-47(44)49)50-45-27-15-13-25-41(45)43-31-30-40(34-48(43)50)51(37-19-7-2-8-20-37,38-21-9-3-10-22-38)39-23-11-4-12-24-39/h1-34H. The molecule has 0 aliphatic rings. The molecule has 0 N–H and O–H groups in total. The van der Waals surface area contributed by atoms with Crippen molar-refractivity contribution in [3.8, 4) is 11.4 Å². The Morgan fingerprint density at radius 2 is 0.686 bits per heavy atom. The van der Waals surface area contributed by atoms with E-state index >= 15 is 0 Å². The number of nitrogens with zero attached hydrogens (tertiary/aromatic N) is 2. The van der Waals surface area contributed by atoms with Gasteiger partial charge in [0.15, 0.2) is 8.07 Å². The van der Waals surface area contributed by atoms with Crippen LogP contribution in [0.25, 0.3) is 55.0 Å². The summed E-state index contributed by atoms with van der Waals surface area (Å²) in [4.78, 5) is 0. The van der Waals surface area contributed by atoms with Crippen LogP contribution in [0, 0.1) is 0 Å². The maximum Gasteiger partial charge on any atom is 0.179 e. The van der Waals surface area contributed by atoms with Gasteiger partial charge in [-0.1, -0.05) is 158 Å². The van der Waals surface area contributed by atoms with Gasteiger partial charge in [0.05, 0.1) is 22.1 Å². The molecule has 0 spiro atoms. The number of aromatic nitrogens is 2. The molecule has 2 nitrogen and oxygen atoms in total. The Kier molecular flexibility index (Phi) is 6.86. The second-order valence-electron chi connectivity index (χ2n) is 13.3. The summed E-state index contributed by atoms with van der Waals surface area (Å²) >= 11 is 0. The van der Waals surface area contributed by atoms with E-state index in [0.29, 0.717) is 0 Å². The van der Waals surface area contributed by atoms with Crippen molar-refractivity contribution in [3.63, 3.8) is 0 Å². The average Bonchev–Trinajstić information content (AvgIpc) is 3.72. The van der Waals surface area contributed by atoms with Crippen molar-refractivity contribution in [3.05, 3.63) is 206 Å². The van der Waals surface area contributed by atoms with Crippen LogP contribution in [0.15, 0.2) is 206 Å². The molecule has 0 bridgehead atoms. The van der Waals surface area contributed by atoms with Crippen LogP contribution in [-0.4, -0.2) is 17.2 Å². The highest BCUT2D eigenvalue weighted by atomic mass is 28.3. The largest absolute Gasteiger partial charge is 0.309 e. The second kappa shape index (κ2) is 11.9. The molecule has 2 aromatic heterocycles. The summed E-state index contributed by atoms with van der Waals surface area (Å²) in [5.41, 5.74) is 7.18. The molecule has 0 saturated heterocycles. The minimum atomic E-state index is -2.72. The molecule has 0 radical (unpaired) electrons. The lowest BCUT2D eigenvalue weighted by Gasteiger charge is -2.34.